The monoisotopic (exact) mass is 235 g/mol. The maximum atomic E-state index is 5.30. The molecule has 0 aromatic rings. The van der Waals surface area contributed by atoms with Gasteiger partial charge >= 0.3 is 0 Å². The summed E-state index contributed by atoms with van der Waals surface area (Å²) < 4.78 is 5.30. The molecule has 0 N–H and O–H groups in total. The summed E-state index contributed by atoms with van der Waals surface area (Å²) in [4.78, 5) is 2.49. The number of hydrogen-bond acceptors (Lipinski definition) is 2. The molecule has 12 heavy (non-hydrogen) atoms. The van der Waals surface area contributed by atoms with E-state index in [2.05, 4.69) is 27.8 Å². The molecule has 1 aliphatic rings. The van der Waals surface area contributed by atoms with E-state index in [1.165, 1.54) is 19.5 Å². The van der Waals surface area contributed by atoms with E-state index in [1.54, 1.807) is 0 Å². The van der Waals surface area contributed by atoms with Crippen LogP contribution in [-0.2, 0) is 4.74 Å². The average Bonchev–Trinajstić information content (AvgIpc) is 2.52. The smallest absolute Gasteiger partial charge is 0.0710 e. The van der Waals surface area contributed by atoms with Crippen LogP contribution in [0.4, 0.5) is 0 Å². The van der Waals surface area contributed by atoms with Gasteiger partial charge in [-0.25, -0.2) is 0 Å². The van der Waals surface area contributed by atoms with E-state index in [4.69, 9.17) is 4.74 Å². The Morgan fingerprint density at radius 1 is 1.67 bits per heavy atom. The van der Waals surface area contributed by atoms with Crippen LogP contribution in [-0.4, -0.2) is 43.1 Å². The van der Waals surface area contributed by atoms with Crippen LogP contribution in [0.2, 0.25) is 0 Å². The van der Waals surface area contributed by atoms with Crippen LogP contribution in [0.5, 0.6) is 0 Å². The van der Waals surface area contributed by atoms with Crippen molar-refractivity contribution in [2.45, 2.75) is 19.4 Å². The van der Waals surface area contributed by atoms with Gasteiger partial charge in [-0.3, -0.25) is 0 Å². The van der Waals surface area contributed by atoms with Crippen LogP contribution in [0, 0.1) is 5.92 Å². The summed E-state index contributed by atoms with van der Waals surface area (Å²) in [6.45, 7) is 5.80. The van der Waals surface area contributed by atoms with Crippen LogP contribution < -0.4 is 0 Å². The number of ether oxygens (including phenoxy) is 1. The van der Waals surface area contributed by atoms with Gasteiger partial charge in [0.05, 0.1) is 6.10 Å². The Morgan fingerprint density at radius 2 is 2.42 bits per heavy atom. The maximum absolute atomic E-state index is 5.30. The van der Waals surface area contributed by atoms with Gasteiger partial charge in [-0.1, -0.05) is 22.9 Å². The number of methoxy groups -OCH3 is 1. The normalized spacial score (nSPS) is 27.8. The molecule has 0 amide bonds. The van der Waals surface area contributed by atoms with E-state index < -0.39 is 0 Å². The first-order valence-corrected chi connectivity index (χ1v) is 5.69. The molecular weight excluding hydrogens is 218 g/mol. The van der Waals surface area contributed by atoms with Crippen LogP contribution in [0.25, 0.3) is 0 Å². The third-order valence-corrected chi connectivity index (χ3v) is 3.50. The second kappa shape index (κ2) is 5.20. The zero-order valence-electron chi connectivity index (χ0n) is 7.92. The predicted octanol–water partition coefficient (Wildman–Crippen LogP) is 1.74. The summed E-state index contributed by atoms with van der Waals surface area (Å²) >= 11 is 3.50. The lowest BCUT2D eigenvalue weighted by atomic mass is 10.2. The minimum Gasteiger partial charge on any atom is -0.380 e. The molecule has 0 radical (unpaired) electrons. The van der Waals surface area contributed by atoms with Crippen LogP contribution in [0.15, 0.2) is 0 Å². The van der Waals surface area contributed by atoms with Crippen LogP contribution in [0.3, 0.4) is 0 Å². The third-order valence-electron chi connectivity index (χ3n) is 2.40. The summed E-state index contributed by atoms with van der Waals surface area (Å²) in [6.07, 6.45) is 1.68. The lowest BCUT2D eigenvalue weighted by Gasteiger charge is -2.18. The van der Waals surface area contributed by atoms with Crippen molar-refractivity contribution >= 4 is 15.9 Å². The highest BCUT2D eigenvalue weighted by Gasteiger charge is 2.22. The number of rotatable bonds is 4. The zero-order chi connectivity index (χ0) is 8.97. The first-order valence-electron chi connectivity index (χ1n) is 4.57. The van der Waals surface area contributed by atoms with Crippen molar-refractivity contribution in [2.24, 2.45) is 5.92 Å². The predicted molar refractivity (Wildman–Crippen MR) is 54.8 cm³/mol. The molecule has 1 heterocycles. The molecule has 72 valence electrons. The van der Waals surface area contributed by atoms with E-state index in [0.29, 0.717) is 6.10 Å². The van der Waals surface area contributed by atoms with Crippen molar-refractivity contribution in [3.63, 3.8) is 0 Å². The van der Waals surface area contributed by atoms with Gasteiger partial charge in [-0.05, 0) is 12.3 Å². The lowest BCUT2D eigenvalue weighted by Crippen LogP contribution is -2.28. The van der Waals surface area contributed by atoms with Crippen molar-refractivity contribution in [2.75, 3.05) is 32.1 Å². The fourth-order valence-electron chi connectivity index (χ4n) is 1.64. The number of halogens is 1. The van der Waals surface area contributed by atoms with Gasteiger partial charge in [0, 0.05) is 32.1 Å². The highest BCUT2D eigenvalue weighted by Crippen LogP contribution is 2.14. The molecule has 1 rings (SSSR count). The maximum Gasteiger partial charge on any atom is 0.0710 e. The highest BCUT2D eigenvalue weighted by atomic mass is 79.9. The molecule has 0 bridgehead atoms. The lowest BCUT2D eigenvalue weighted by molar-refractivity contribution is 0.106. The molecule has 1 saturated heterocycles. The van der Waals surface area contributed by atoms with Crippen molar-refractivity contribution in [1.82, 2.24) is 4.90 Å². The van der Waals surface area contributed by atoms with Gasteiger partial charge < -0.3 is 9.64 Å². The fraction of sp³-hybridized carbons (Fsp3) is 1.00. The molecule has 1 aliphatic heterocycles. The Morgan fingerprint density at radius 3 is 2.92 bits per heavy atom. The quantitative estimate of drug-likeness (QED) is 0.689. The Bertz CT molecular complexity index is 132. The first kappa shape index (κ1) is 10.5. The standard InChI is InChI=1S/C9H18BrNO/c1-8(5-10)6-11-4-3-9(7-11)12-2/h8-9H,3-7H2,1-2H3. The van der Waals surface area contributed by atoms with Gasteiger partial charge in [0.1, 0.15) is 0 Å². The first-order chi connectivity index (χ1) is 5.76. The minimum absolute atomic E-state index is 0.479. The second-order valence-corrected chi connectivity index (χ2v) is 4.31. The Balaban J connectivity index is 2.18. The molecule has 0 aromatic heterocycles. The molecule has 2 unspecified atom stereocenters. The Labute approximate surface area is 83.4 Å². The molecule has 1 fully saturated rings. The summed E-state index contributed by atoms with van der Waals surface area (Å²) in [6, 6.07) is 0. The molecule has 0 spiro atoms. The summed E-state index contributed by atoms with van der Waals surface area (Å²) in [5, 5.41) is 1.10. The average molecular weight is 236 g/mol. The molecule has 2 atom stereocenters. The van der Waals surface area contributed by atoms with Crippen molar-refractivity contribution < 1.29 is 4.74 Å². The van der Waals surface area contributed by atoms with Crippen molar-refractivity contribution in [3.05, 3.63) is 0 Å². The molecule has 0 saturated carbocycles. The van der Waals surface area contributed by atoms with E-state index in [9.17, 15) is 0 Å². The minimum atomic E-state index is 0.479. The van der Waals surface area contributed by atoms with Crippen LogP contribution >= 0.6 is 15.9 Å². The van der Waals surface area contributed by atoms with E-state index >= 15 is 0 Å². The number of alkyl halides is 1. The SMILES string of the molecule is COC1CCN(CC(C)CBr)C1. The Kier molecular flexibility index (Phi) is 4.54. The number of nitrogens with zero attached hydrogens (tertiary/aromatic N) is 1. The molecule has 3 heteroatoms. The fourth-order valence-corrected chi connectivity index (χ4v) is 1.85. The van der Waals surface area contributed by atoms with Crippen LogP contribution in [0.1, 0.15) is 13.3 Å². The summed E-state index contributed by atoms with van der Waals surface area (Å²) in [5.74, 6) is 0.751. The number of hydrogen-bond donors (Lipinski definition) is 0. The third kappa shape index (κ3) is 3.04. The zero-order valence-corrected chi connectivity index (χ0v) is 9.51. The highest BCUT2D eigenvalue weighted by molar-refractivity contribution is 9.09. The molecule has 2 nitrogen and oxygen atoms in total. The van der Waals surface area contributed by atoms with Gasteiger partial charge in [0.2, 0.25) is 0 Å². The largest absolute Gasteiger partial charge is 0.380 e. The second-order valence-electron chi connectivity index (χ2n) is 3.67. The Hall–Kier alpha value is 0.400. The summed E-state index contributed by atoms with van der Waals surface area (Å²) in [5.41, 5.74) is 0. The molecule has 0 aliphatic carbocycles. The van der Waals surface area contributed by atoms with Crippen molar-refractivity contribution in [1.29, 1.82) is 0 Å². The van der Waals surface area contributed by atoms with Gasteiger partial charge in [0.15, 0.2) is 0 Å². The van der Waals surface area contributed by atoms with E-state index in [-0.39, 0.29) is 0 Å². The molecule has 0 aromatic carbocycles. The van der Waals surface area contributed by atoms with E-state index in [1.807, 2.05) is 7.11 Å². The van der Waals surface area contributed by atoms with E-state index in [0.717, 1.165) is 17.8 Å². The summed E-state index contributed by atoms with van der Waals surface area (Å²) in [7, 11) is 1.81. The van der Waals surface area contributed by atoms with Crippen molar-refractivity contribution in [3.8, 4) is 0 Å². The van der Waals surface area contributed by atoms with Gasteiger partial charge in [0.25, 0.3) is 0 Å². The molecular formula is C9H18BrNO. The number of likely N-dealkylation sites (tertiary alicyclic amines) is 1. The topological polar surface area (TPSA) is 12.5 Å². The van der Waals surface area contributed by atoms with Gasteiger partial charge in [-0.2, -0.15) is 0 Å². The van der Waals surface area contributed by atoms with Gasteiger partial charge in [-0.15, -0.1) is 0 Å².